The van der Waals surface area contributed by atoms with E-state index >= 15 is 0 Å². The maximum absolute atomic E-state index is 14.7. The van der Waals surface area contributed by atoms with E-state index < -0.39 is 38.2 Å². The third-order valence-corrected chi connectivity index (χ3v) is 14.6. The van der Waals surface area contributed by atoms with E-state index in [1.165, 1.54) is 16.4 Å². The molecule has 0 unspecified atom stereocenters. The van der Waals surface area contributed by atoms with Gasteiger partial charge >= 0.3 is 0 Å². The lowest BCUT2D eigenvalue weighted by Crippen LogP contribution is -2.54. The monoisotopic (exact) mass is 816 g/mol. The molecule has 4 aromatic rings. The Bertz CT molecular complexity index is 2230. The van der Waals surface area contributed by atoms with E-state index in [1.54, 1.807) is 57.5 Å². The van der Waals surface area contributed by atoms with Crippen molar-refractivity contribution in [2.75, 3.05) is 52.0 Å². The normalized spacial score (nSPS) is 19.2. The summed E-state index contributed by atoms with van der Waals surface area (Å²) in [6, 6.07) is 25.1. The Kier molecular flexibility index (Phi) is 13.5. The lowest BCUT2D eigenvalue weighted by Gasteiger charge is -2.44. The van der Waals surface area contributed by atoms with Crippen molar-refractivity contribution in [2.45, 2.75) is 80.5 Å². The number of methoxy groups -OCH3 is 2. The minimum Gasteiger partial charge on any atom is -0.497 e. The minimum atomic E-state index is -4.22. The number of anilines is 1. The molecule has 2 aliphatic rings. The summed E-state index contributed by atoms with van der Waals surface area (Å²) >= 11 is 0. The number of nitriles is 1. The van der Waals surface area contributed by atoms with Gasteiger partial charge in [-0.15, -0.1) is 0 Å². The molecule has 1 fully saturated rings. The number of benzene rings is 4. The van der Waals surface area contributed by atoms with Gasteiger partial charge in [0.25, 0.3) is 10.0 Å². The summed E-state index contributed by atoms with van der Waals surface area (Å²) in [5.41, 5.74) is 4.62. The van der Waals surface area contributed by atoms with Crippen LogP contribution in [0.15, 0.2) is 101 Å². The highest BCUT2D eigenvalue weighted by Gasteiger charge is 2.44. The first-order chi connectivity index (χ1) is 27.3. The number of aryl methyl sites for hydroxylation is 2. The quantitative estimate of drug-likeness (QED) is 0.0688. The van der Waals surface area contributed by atoms with Crippen LogP contribution in [0, 0.1) is 25.3 Å². The first-order valence-electron chi connectivity index (χ1n) is 19.2. The Labute approximate surface area is 337 Å². The second kappa shape index (κ2) is 18.3. The topological polar surface area (TPSA) is 139 Å². The van der Waals surface area contributed by atoms with Gasteiger partial charge in [-0.1, -0.05) is 53.6 Å². The largest absolute Gasteiger partial charge is 0.497 e. The van der Waals surface area contributed by atoms with Crippen molar-refractivity contribution in [3.63, 3.8) is 0 Å². The van der Waals surface area contributed by atoms with E-state index in [0.29, 0.717) is 25.4 Å². The van der Waals surface area contributed by atoms with Crippen LogP contribution >= 0.6 is 0 Å². The first-order valence-corrected chi connectivity index (χ1v) is 22.1. The van der Waals surface area contributed by atoms with Gasteiger partial charge in [-0.05, 0) is 99.7 Å². The molecule has 0 aliphatic carbocycles. The summed E-state index contributed by atoms with van der Waals surface area (Å²) in [4.78, 5) is 2.40. The first kappa shape index (κ1) is 42.0. The van der Waals surface area contributed by atoms with E-state index in [4.69, 9.17) is 18.9 Å². The Morgan fingerprint density at radius 1 is 0.912 bits per heavy atom. The van der Waals surface area contributed by atoms with E-state index in [2.05, 4.69) is 11.0 Å². The van der Waals surface area contributed by atoms with E-state index in [-0.39, 0.29) is 35.3 Å². The molecule has 2 heterocycles. The zero-order valence-corrected chi connectivity index (χ0v) is 34.8. The fourth-order valence-electron chi connectivity index (χ4n) is 7.69. The molecule has 6 rings (SSSR count). The van der Waals surface area contributed by atoms with Crippen LogP contribution in [-0.4, -0.2) is 90.7 Å². The fourth-order valence-corrected chi connectivity index (χ4v) is 10.7. The van der Waals surface area contributed by atoms with Crippen molar-refractivity contribution in [3.05, 3.63) is 113 Å². The average molecular weight is 817 g/mol. The summed E-state index contributed by atoms with van der Waals surface area (Å²) in [6.45, 7) is 8.43. The molecule has 12 nitrogen and oxygen atoms in total. The fraction of sp³-hybridized carbons (Fsp3) is 0.419. The number of fused-ring (bicyclic) bond motifs is 1. The van der Waals surface area contributed by atoms with E-state index in [9.17, 15) is 22.1 Å². The zero-order valence-electron chi connectivity index (χ0n) is 33.2. The highest BCUT2D eigenvalue weighted by atomic mass is 32.2. The predicted octanol–water partition coefficient (Wildman–Crippen LogP) is 6.63. The maximum Gasteiger partial charge on any atom is 0.272 e. The zero-order chi connectivity index (χ0) is 40.7. The van der Waals surface area contributed by atoms with Gasteiger partial charge in [0.1, 0.15) is 18.1 Å². The molecule has 4 aromatic carbocycles. The third kappa shape index (κ3) is 9.56. The number of ether oxygens (including phenoxy) is 4. The van der Waals surface area contributed by atoms with Crippen molar-refractivity contribution in [2.24, 2.45) is 0 Å². The van der Waals surface area contributed by atoms with Crippen molar-refractivity contribution >= 4 is 25.7 Å². The lowest BCUT2D eigenvalue weighted by molar-refractivity contribution is -0.0222. The number of hydrogen-bond acceptors (Lipinski definition) is 10. The molecular weight excluding hydrogens is 765 g/mol. The number of nitrogens with zero attached hydrogens (tertiary/aromatic N) is 4. The van der Waals surface area contributed by atoms with Crippen molar-refractivity contribution in [1.82, 2.24) is 8.61 Å². The van der Waals surface area contributed by atoms with Gasteiger partial charge in [0.15, 0.2) is 6.19 Å². The second-order valence-corrected chi connectivity index (χ2v) is 18.5. The lowest BCUT2D eigenvalue weighted by atomic mass is 9.82. The summed E-state index contributed by atoms with van der Waals surface area (Å²) in [6.07, 6.45) is 2.56. The Balaban J connectivity index is 1.34. The molecule has 57 heavy (non-hydrogen) atoms. The van der Waals surface area contributed by atoms with Crippen LogP contribution in [0.25, 0.3) is 0 Å². The number of piperidine rings is 1. The van der Waals surface area contributed by atoms with Gasteiger partial charge in [0.05, 0.1) is 47.9 Å². The van der Waals surface area contributed by atoms with Crippen LogP contribution in [0.3, 0.4) is 0 Å². The van der Waals surface area contributed by atoms with Gasteiger partial charge in [-0.25, -0.2) is 16.8 Å². The molecule has 0 amide bonds. The van der Waals surface area contributed by atoms with E-state index in [1.807, 2.05) is 56.4 Å². The van der Waals surface area contributed by atoms with Crippen LogP contribution in [0.1, 0.15) is 54.4 Å². The smallest absolute Gasteiger partial charge is 0.272 e. The molecule has 4 atom stereocenters. The Morgan fingerprint density at radius 2 is 1.58 bits per heavy atom. The van der Waals surface area contributed by atoms with Crippen LogP contribution in [0.5, 0.6) is 11.5 Å². The summed E-state index contributed by atoms with van der Waals surface area (Å²) in [5.74, 6) is 1.20. The molecule has 0 N–H and O–H groups in total. The molecule has 0 bridgehead atoms. The van der Waals surface area contributed by atoms with Gasteiger partial charge in [0, 0.05) is 38.8 Å². The molecule has 0 saturated carbocycles. The maximum atomic E-state index is 14.7. The SMILES string of the molecule is COCCCN1CCOc2ccc(CO[C@H]3CN(S(=O)(=O)c4ccc(C)cc4)[C@H](C[C@H](C)N(C#N)S(=O)(=O)c4ccc(C)cc4)C[C@@H]3c3ccc(OC)cc3)cc21. The van der Waals surface area contributed by atoms with Crippen LogP contribution < -0.4 is 14.4 Å². The van der Waals surface area contributed by atoms with Gasteiger partial charge in [-0.3, -0.25) is 0 Å². The summed E-state index contributed by atoms with van der Waals surface area (Å²) < 4.78 is 82.6. The molecule has 14 heteroatoms. The van der Waals surface area contributed by atoms with Gasteiger partial charge in [-0.2, -0.15) is 13.9 Å². The summed E-state index contributed by atoms with van der Waals surface area (Å²) in [5, 5.41) is 10.3. The van der Waals surface area contributed by atoms with E-state index in [0.717, 1.165) is 57.5 Å². The van der Waals surface area contributed by atoms with Crippen molar-refractivity contribution in [1.29, 1.82) is 5.26 Å². The number of rotatable bonds is 16. The molecule has 2 aliphatic heterocycles. The highest BCUT2D eigenvalue weighted by molar-refractivity contribution is 7.89. The average Bonchev–Trinajstić information content (AvgIpc) is 3.20. The molecule has 0 spiro atoms. The minimum absolute atomic E-state index is 0.00124. The molecular formula is C43H52N4O8S2. The second-order valence-electron chi connectivity index (χ2n) is 14.8. The standard InChI is InChI=1S/C43H52N4O8S2/c1-31-7-16-38(17-8-31)56(48,49)46-28-43(55-29-34-11-20-42-41(26-34)45(22-24-54-42)21-6-23-52-4)40(35-12-14-37(53-5)15-13-35)27-36(46)25-33(3)47(30-44)57(50,51)39-18-9-32(2)10-19-39/h7-20,26,33,36,40,43H,6,21-25,27-29H2,1-5H3/t33-,36+,40+,43-/m0/s1. The highest BCUT2D eigenvalue weighted by Crippen LogP contribution is 2.40. The third-order valence-electron chi connectivity index (χ3n) is 10.8. The van der Waals surface area contributed by atoms with Gasteiger partial charge < -0.3 is 23.8 Å². The van der Waals surface area contributed by atoms with Crippen molar-refractivity contribution < 1.29 is 35.8 Å². The van der Waals surface area contributed by atoms with Gasteiger partial charge in [0.2, 0.25) is 10.0 Å². The van der Waals surface area contributed by atoms with Crippen LogP contribution in [-0.2, 0) is 36.1 Å². The molecule has 304 valence electrons. The molecule has 1 saturated heterocycles. The molecule has 0 radical (unpaired) electrons. The predicted molar refractivity (Wildman–Crippen MR) is 218 cm³/mol. The Hall–Kier alpha value is -4.65. The number of hydrogen-bond donors (Lipinski definition) is 0. The number of sulfonamides is 2. The van der Waals surface area contributed by atoms with Crippen LogP contribution in [0.4, 0.5) is 5.69 Å². The Morgan fingerprint density at radius 3 is 2.21 bits per heavy atom. The summed E-state index contributed by atoms with van der Waals surface area (Å²) in [7, 11) is -5.04. The van der Waals surface area contributed by atoms with Crippen molar-refractivity contribution in [3.8, 4) is 17.7 Å². The molecule has 0 aromatic heterocycles. The van der Waals surface area contributed by atoms with Crippen LogP contribution in [0.2, 0.25) is 0 Å².